The number of hydrogen-bond acceptors (Lipinski definition) is 3. The number of aromatic nitrogens is 3. The lowest BCUT2D eigenvalue weighted by Gasteiger charge is -2.23. The van der Waals surface area contributed by atoms with E-state index in [1.807, 2.05) is 6.92 Å². The summed E-state index contributed by atoms with van der Waals surface area (Å²) in [5.41, 5.74) is -1.28. The third-order valence-corrected chi connectivity index (χ3v) is 3.09. The largest absolute Gasteiger partial charge is 0.479 e. The highest BCUT2D eigenvalue weighted by Gasteiger charge is 2.37. The van der Waals surface area contributed by atoms with E-state index in [-0.39, 0.29) is 0 Å². The van der Waals surface area contributed by atoms with Crippen molar-refractivity contribution >= 4 is 11.6 Å². The lowest BCUT2D eigenvalue weighted by molar-refractivity contribution is -0.147. The van der Waals surface area contributed by atoms with Gasteiger partial charge in [0.2, 0.25) is 0 Å². The smallest absolute Gasteiger partial charge is 0.351 e. The second kappa shape index (κ2) is 4.29. The van der Waals surface area contributed by atoms with E-state index in [0.717, 1.165) is 4.68 Å². The molecule has 0 amide bonds. The Hall–Kier alpha value is -2.11. The van der Waals surface area contributed by atoms with Gasteiger partial charge in [-0.3, -0.25) is 4.40 Å². The van der Waals surface area contributed by atoms with Crippen LogP contribution < -0.4 is 5.69 Å². The summed E-state index contributed by atoms with van der Waals surface area (Å²) < 4.78 is 2.41. The molecule has 0 spiro atoms. The fraction of sp³-hybridized carbons (Fsp3) is 0.417. The van der Waals surface area contributed by atoms with Crippen molar-refractivity contribution in [3.8, 4) is 0 Å². The predicted molar refractivity (Wildman–Crippen MR) is 65.6 cm³/mol. The summed E-state index contributed by atoms with van der Waals surface area (Å²) in [5.74, 6) is -1.05. The number of aliphatic carboxylic acids is 1. The number of carbonyl (C=O) groups is 1. The molecule has 1 atom stereocenters. The van der Waals surface area contributed by atoms with Crippen LogP contribution in [-0.2, 0) is 10.3 Å². The second-order valence-electron chi connectivity index (χ2n) is 4.45. The van der Waals surface area contributed by atoms with Gasteiger partial charge in [0.25, 0.3) is 0 Å². The van der Waals surface area contributed by atoms with Gasteiger partial charge in [0, 0.05) is 6.20 Å². The SMILES string of the molecule is CCCC(C)(C(=O)O)n1nc2ccccn2c1=O. The predicted octanol–water partition coefficient (Wildman–Crippen LogP) is 1.10. The van der Waals surface area contributed by atoms with Crippen LogP contribution in [0.1, 0.15) is 26.7 Å². The number of rotatable bonds is 4. The molecule has 2 aromatic heterocycles. The Labute approximate surface area is 103 Å². The summed E-state index contributed by atoms with van der Waals surface area (Å²) in [6.07, 6.45) is 2.59. The molecule has 0 fully saturated rings. The lowest BCUT2D eigenvalue weighted by Crippen LogP contribution is -2.45. The molecule has 0 aliphatic rings. The summed E-state index contributed by atoms with van der Waals surface area (Å²) in [6.45, 7) is 3.40. The first-order valence-corrected chi connectivity index (χ1v) is 5.81. The minimum absolute atomic E-state index is 0.353. The van der Waals surface area contributed by atoms with Crippen LogP contribution in [0.25, 0.3) is 5.65 Å². The number of pyridine rings is 1. The van der Waals surface area contributed by atoms with Gasteiger partial charge in [-0.05, 0) is 25.5 Å². The van der Waals surface area contributed by atoms with Crippen LogP contribution in [0.5, 0.6) is 0 Å². The molecule has 1 unspecified atom stereocenters. The minimum atomic E-state index is -1.31. The van der Waals surface area contributed by atoms with E-state index in [1.165, 1.54) is 11.3 Å². The highest BCUT2D eigenvalue weighted by molar-refractivity contribution is 5.76. The zero-order chi connectivity index (χ0) is 13.3. The topological polar surface area (TPSA) is 76.6 Å². The Morgan fingerprint density at radius 3 is 2.78 bits per heavy atom. The van der Waals surface area contributed by atoms with Crippen LogP contribution >= 0.6 is 0 Å². The zero-order valence-corrected chi connectivity index (χ0v) is 10.3. The highest BCUT2D eigenvalue weighted by Crippen LogP contribution is 2.20. The van der Waals surface area contributed by atoms with Crippen LogP contribution in [-0.4, -0.2) is 25.3 Å². The molecule has 0 saturated heterocycles. The lowest BCUT2D eigenvalue weighted by atomic mass is 9.97. The van der Waals surface area contributed by atoms with E-state index < -0.39 is 17.2 Å². The molecule has 6 nitrogen and oxygen atoms in total. The number of carboxylic acids is 1. The third-order valence-electron chi connectivity index (χ3n) is 3.09. The Kier molecular flexibility index (Phi) is 2.94. The van der Waals surface area contributed by atoms with E-state index in [9.17, 15) is 14.7 Å². The number of fused-ring (bicyclic) bond motifs is 1. The quantitative estimate of drug-likeness (QED) is 0.880. The Morgan fingerprint density at radius 1 is 1.50 bits per heavy atom. The summed E-state index contributed by atoms with van der Waals surface area (Å²) in [4.78, 5) is 23.6. The van der Waals surface area contributed by atoms with Crippen molar-refractivity contribution < 1.29 is 9.90 Å². The van der Waals surface area contributed by atoms with Crippen molar-refractivity contribution in [1.29, 1.82) is 0 Å². The van der Waals surface area contributed by atoms with Crippen LogP contribution in [0.2, 0.25) is 0 Å². The van der Waals surface area contributed by atoms with Gasteiger partial charge in [-0.15, -0.1) is 5.10 Å². The van der Waals surface area contributed by atoms with Gasteiger partial charge in [-0.2, -0.15) is 4.68 Å². The molecule has 0 aliphatic heterocycles. The van der Waals surface area contributed by atoms with Gasteiger partial charge >= 0.3 is 11.7 Å². The number of carboxylic acid groups (broad SMARTS) is 1. The first-order valence-electron chi connectivity index (χ1n) is 5.81. The Balaban J connectivity index is 2.69. The molecule has 18 heavy (non-hydrogen) atoms. The normalized spacial score (nSPS) is 14.6. The van der Waals surface area contributed by atoms with E-state index in [0.29, 0.717) is 18.5 Å². The van der Waals surface area contributed by atoms with Crippen molar-refractivity contribution in [2.75, 3.05) is 0 Å². The van der Waals surface area contributed by atoms with Gasteiger partial charge in [-0.25, -0.2) is 9.59 Å². The first kappa shape index (κ1) is 12.3. The van der Waals surface area contributed by atoms with Crippen LogP contribution in [0.15, 0.2) is 29.2 Å². The zero-order valence-electron chi connectivity index (χ0n) is 10.3. The molecule has 0 aliphatic carbocycles. The molecule has 96 valence electrons. The fourth-order valence-electron chi connectivity index (χ4n) is 2.04. The van der Waals surface area contributed by atoms with Gasteiger partial charge in [0.15, 0.2) is 11.2 Å². The molecule has 6 heteroatoms. The fourth-order valence-corrected chi connectivity index (χ4v) is 2.04. The van der Waals surface area contributed by atoms with Crippen LogP contribution in [0.3, 0.4) is 0 Å². The van der Waals surface area contributed by atoms with Crippen LogP contribution in [0, 0.1) is 0 Å². The summed E-state index contributed by atoms with van der Waals surface area (Å²) in [5, 5.41) is 13.5. The van der Waals surface area contributed by atoms with Crippen LogP contribution in [0.4, 0.5) is 0 Å². The van der Waals surface area contributed by atoms with E-state index in [4.69, 9.17) is 0 Å². The maximum Gasteiger partial charge on any atom is 0.351 e. The van der Waals surface area contributed by atoms with E-state index in [2.05, 4.69) is 5.10 Å². The Morgan fingerprint density at radius 2 is 2.22 bits per heavy atom. The van der Waals surface area contributed by atoms with Crippen molar-refractivity contribution in [2.45, 2.75) is 32.2 Å². The van der Waals surface area contributed by atoms with Gasteiger partial charge < -0.3 is 5.11 Å². The molecule has 0 aromatic carbocycles. The van der Waals surface area contributed by atoms with Gasteiger partial charge in [0.05, 0.1) is 0 Å². The molecular formula is C12H15N3O3. The molecule has 1 N–H and O–H groups in total. The molecule has 2 rings (SSSR count). The minimum Gasteiger partial charge on any atom is -0.479 e. The standard InChI is InChI=1S/C12H15N3O3/c1-3-7-12(2,10(16)17)15-11(18)14-8-5-4-6-9(14)13-15/h4-6,8H,3,7H2,1-2H3,(H,16,17). The second-order valence-corrected chi connectivity index (χ2v) is 4.45. The summed E-state index contributed by atoms with van der Waals surface area (Å²) in [7, 11) is 0. The molecule has 0 radical (unpaired) electrons. The highest BCUT2D eigenvalue weighted by atomic mass is 16.4. The third kappa shape index (κ3) is 1.70. The maximum atomic E-state index is 12.2. The summed E-state index contributed by atoms with van der Waals surface area (Å²) in [6, 6.07) is 5.13. The van der Waals surface area contributed by atoms with E-state index >= 15 is 0 Å². The van der Waals surface area contributed by atoms with Crippen molar-refractivity contribution in [3.63, 3.8) is 0 Å². The molecule has 2 heterocycles. The van der Waals surface area contributed by atoms with Crippen molar-refractivity contribution in [1.82, 2.24) is 14.2 Å². The molecular weight excluding hydrogens is 234 g/mol. The average molecular weight is 249 g/mol. The number of hydrogen-bond donors (Lipinski definition) is 1. The number of nitrogens with zero attached hydrogens (tertiary/aromatic N) is 3. The van der Waals surface area contributed by atoms with Gasteiger partial charge in [0.1, 0.15) is 0 Å². The molecule has 0 saturated carbocycles. The first-order chi connectivity index (χ1) is 8.50. The Bertz CT molecular complexity index is 643. The van der Waals surface area contributed by atoms with Crippen molar-refractivity contribution in [3.05, 3.63) is 34.9 Å². The molecule has 0 bridgehead atoms. The maximum absolute atomic E-state index is 12.2. The van der Waals surface area contributed by atoms with E-state index in [1.54, 1.807) is 24.4 Å². The van der Waals surface area contributed by atoms with Gasteiger partial charge in [-0.1, -0.05) is 19.4 Å². The van der Waals surface area contributed by atoms with Crippen molar-refractivity contribution in [2.24, 2.45) is 0 Å². The molecule has 2 aromatic rings. The monoisotopic (exact) mass is 249 g/mol. The summed E-state index contributed by atoms with van der Waals surface area (Å²) >= 11 is 0. The average Bonchev–Trinajstić information content (AvgIpc) is 2.68.